The number of carbonyl (C=O) groups is 4. The van der Waals surface area contributed by atoms with Crippen LogP contribution in [0.4, 0.5) is 0 Å². The molecule has 0 spiro atoms. The van der Waals surface area contributed by atoms with Gasteiger partial charge in [0.05, 0.1) is 36.4 Å². The molecule has 6 saturated carbocycles. The largest absolute Gasteiger partial charge is 2.00 e. The molecule has 55 heavy (non-hydrogen) atoms. The molecule has 0 aromatic carbocycles. The summed E-state index contributed by atoms with van der Waals surface area (Å²) >= 11 is 0. The average molecular weight is 775 g/mol. The van der Waals surface area contributed by atoms with E-state index in [0.29, 0.717) is 47.6 Å². The van der Waals surface area contributed by atoms with E-state index < -0.39 is 59.7 Å². The van der Waals surface area contributed by atoms with E-state index in [1.54, 1.807) is 0 Å². The van der Waals surface area contributed by atoms with Gasteiger partial charge in [-0.2, -0.15) is 0 Å². The molecule has 4 heterocycles. The fourth-order valence-corrected chi connectivity index (χ4v) is 11.5. The Morgan fingerprint density at radius 2 is 1.02 bits per heavy atom. The average Bonchev–Trinajstić information content (AvgIpc) is 3.85. The molecule has 13 heteroatoms. The maximum absolute atomic E-state index is 12.8. The molecule has 4 bridgehead atoms. The number of rotatable bonds is 6. The molecule has 4 amide bonds. The first-order valence-corrected chi connectivity index (χ1v) is 20.3. The van der Waals surface area contributed by atoms with E-state index in [-0.39, 0.29) is 58.2 Å². The van der Waals surface area contributed by atoms with Crippen molar-refractivity contribution in [2.75, 3.05) is 26.3 Å². The third-order valence-electron chi connectivity index (χ3n) is 15.0. The summed E-state index contributed by atoms with van der Waals surface area (Å²) < 4.78 is 11.4. The van der Waals surface area contributed by atoms with Crippen molar-refractivity contribution in [3.8, 4) is 0 Å². The van der Waals surface area contributed by atoms with E-state index in [2.05, 4.69) is 38.3 Å². The molecule has 300 valence electrons. The minimum atomic E-state index is -0.650. The second-order valence-electron chi connectivity index (χ2n) is 20.9. The van der Waals surface area contributed by atoms with Crippen LogP contribution in [-0.2, 0) is 28.7 Å². The number of nitrogens with zero attached hydrogens (tertiary/aromatic N) is 2. The SMILES string of the molecule is CC1(C)C2CCC(CNC(=O)C3=C([O-])[C@@H]4CO[C@@H](C(C)(C)C)N4C3=O)C1C2.CC1(C)C2CCC(CNC(=O)C3=C([O-])[C@@H]4CO[C@@H](C(C)(C)C)N4C3=O)C1C2.[Mg+2]. The van der Waals surface area contributed by atoms with Gasteiger partial charge in [-0.1, -0.05) is 80.8 Å². The molecule has 6 aliphatic carbocycles. The molecule has 2 saturated heterocycles. The van der Waals surface area contributed by atoms with Crippen LogP contribution in [0, 0.1) is 57.2 Å². The van der Waals surface area contributed by atoms with Crippen molar-refractivity contribution in [2.24, 2.45) is 57.2 Å². The van der Waals surface area contributed by atoms with Crippen molar-refractivity contribution < 1.29 is 38.9 Å². The maximum Gasteiger partial charge on any atom is 2.00 e. The van der Waals surface area contributed by atoms with Gasteiger partial charge in [0.1, 0.15) is 12.5 Å². The monoisotopic (exact) mass is 774 g/mol. The Bertz CT molecular complexity index is 1530. The summed E-state index contributed by atoms with van der Waals surface area (Å²) in [7, 11) is 0. The second kappa shape index (κ2) is 14.5. The van der Waals surface area contributed by atoms with Crippen LogP contribution in [0.3, 0.4) is 0 Å². The third kappa shape index (κ3) is 6.92. The van der Waals surface area contributed by atoms with Crippen molar-refractivity contribution in [2.45, 2.75) is 132 Å². The fraction of sp³-hybridized carbons (Fsp3) is 0.810. The predicted octanol–water partition coefficient (Wildman–Crippen LogP) is 2.42. The summed E-state index contributed by atoms with van der Waals surface area (Å²) in [6, 6.07) is -1.30. The number of hydrogen-bond donors (Lipinski definition) is 2. The number of nitrogens with one attached hydrogen (secondary N) is 2. The zero-order chi connectivity index (χ0) is 39.4. The van der Waals surface area contributed by atoms with Crippen LogP contribution >= 0.6 is 0 Å². The van der Waals surface area contributed by atoms with Crippen LogP contribution in [-0.4, -0.2) is 107 Å². The van der Waals surface area contributed by atoms with Gasteiger partial charge in [0.2, 0.25) is 0 Å². The molecule has 0 aromatic rings. The van der Waals surface area contributed by atoms with Gasteiger partial charge >= 0.3 is 23.1 Å². The first-order chi connectivity index (χ1) is 25.1. The summed E-state index contributed by atoms with van der Waals surface area (Å²) in [5.74, 6) is 0.980. The predicted molar refractivity (Wildman–Crippen MR) is 202 cm³/mol. The molecule has 2 N–H and O–H groups in total. The van der Waals surface area contributed by atoms with Gasteiger partial charge in [0, 0.05) is 23.9 Å². The molecule has 8 fully saturated rings. The molecule has 0 radical (unpaired) electrons. The molecule has 10 rings (SSSR count). The van der Waals surface area contributed by atoms with Crippen LogP contribution in [0.1, 0.15) is 108 Å². The molecule has 6 unspecified atom stereocenters. The number of hydrogen-bond acceptors (Lipinski definition) is 8. The van der Waals surface area contributed by atoms with Crippen LogP contribution in [0.2, 0.25) is 0 Å². The molecular weight excluding hydrogens is 713 g/mol. The molecule has 10 aliphatic rings. The van der Waals surface area contributed by atoms with E-state index in [1.807, 2.05) is 41.5 Å². The van der Waals surface area contributed by atoms with Crippen LogP contribution in [0.15, 0.2) is 22.7 Å². The Kier molecular flexibility index (Phi) is 11.1. The smallest absolute Gasteiger partial charge is 0.873 e. The standard InChI is InChI=1S/2C21H32N2O4.Mg/c2*1-20(2,3)19-23-14(10-27-19)16(24)15(18(23)26)17(25)22-9-11-6-7-12-8-13(11)21(12,4)5;/h2*11-14,19,24H,6-10H2,1-5H3,(H,22,25);/q;;+2/p-2/t2*11?,12?,13?,14-,19-;/m00./s1. The van der Waals surface area contributed by atoms with E-state index in [9.17, 15) is 29.4 Å². The molecular formula is C42H62MgN4O8. The fourth-order valence-electron chi connectivity index (χ4n) is 11.5. The summed E-state index contributed by atoms with van der Waals surface area (Å²) in [5, 5.41) is 31.2. The molecule has 12 nitrogen and oxygen atoms in total. The van der Waals surface area contributed by atoms with Crippen molar-refractivity contribution in [3.63, 3.8) is 0 Å². The topological polar surface area (TPSA) is 163 Å². The van der Waals surface area contributed by atoms with Crippen LogP contribution in [0.5, 0.6) is 0 Å². The van der Waals surface area contributed by atoms with Crippen molar-refractivity contribution in [1.29, 1.82) is 0 Å². The first-order valence-electron chi connectivity index (χ1n) is 20.3. The second-order valence-corrected chi connectivity index (χ2v) is 20.9. The Morgan fingerprint density at radius 3 is 1.31 bits per heavy atom. The van der Waals surface area contributed by atoms with Gasteiger partial charge in [-0.25, -0.2) is 0 Å². The summed E-state index contributed by atoms with van der Waals surface area (Å²) in [6.07, 6.45) is 6.17. The van der Waals surface area contributed by atoms with E-state index in [0.717, 1.165) is 24.7 Å². The Labute approximate surface area is 343 Å². The van der Waals surface area contributed by atoms with Gasteiger partial charge in [-0.15, -0.1) is 0 Å². The third-order valence-corrected chi connectivity index (χ3v) is 15.0. The van der Waals surface area contributed by atoms with Crippen molar-refractivity contribution in [3.05, 3.63) is 22.7 Å². The van der Waals surface area contributed by atoms with Gasteiger partial charge in [-0.3, -0.25) is 19.2 Å². The quantitative estimate of drug-likeness (QED) is 0.307. The van der Waals surface area contributed by atoms with Gasteiger partial charge in [0.15, 0.2) is 0 Å². The van der Waals surface area contributed by atoms with Crippen LogP contribution < -0.4 is 20.8 Å². The number of ether oxygens (including phenoxy) is 2. The minimum absolute atomic E-state index is 0. The first kappa shape index (κ1) is 42.3. The zero-order valence-electron chi connectivity index (χ0n) is 34.7. The van der Waals surface area contributed by atoms with Crippen LogP contribution in [0.25, 0.3) is 0 Å². The summed E-state index contributed by atoms with van der Waals surface area (Å²) in [4.78, 5) is 54.1. The number of fused-ring (bicyclic) bond motifs is 6. The van der Waals surface area contributed by atoms with E-state index in [4.69, 9.17) is 9.47 Å². The summed E-state index contributed by atoms with van der Waals surface area (Å²) in [5.41, 5.74) is -0.353. The maximum atomic E-state index is 12.8. The molecule has 4 aliphatic heterocycles. The van der Waals surface area contributed by atoms with Crippen molar-refractivity contribution in [1.82, 2.24) is 20.4 Å². The Morgan fingerprint density at radius 1 is 0.673 bits per heavy atom. The van der Waals surface area contributed by atoms with E-state index >= 15 is 0 Å². The Hall–Kier alpha value is -2.35. The molecule has 0 aromatic heterocycles. The normalized spacial score (nSPS) is 36.6. The number of carbonyl (C=O) groups excluding carboxylic acids is 4. The van der Waals surface area contributed by atoms with Gasteiger partial charge < -0.3 is 40.1 Å². The zero-order valence-corrected chi connectivity index (χ0v) is 36.1. The minimum Gasteiger partial charge on any atom is -0.873 e. The number of amides is 4. The molecule has 10 atom stereocenters. The summed E-state index contributed by atoms with van der Waals surface area (Å²) in [6.45, 7) is 22.5. The van der Waals surface area contributed by atoms with Gasteiger partial charge in [-0.05, 0) is 84.9 Å². The Balaban J connectivity index is 0.000000184. The van der Waals surface area contributed by atoms with Crippen molar-refractivity contribution >= 4 is 46.7 Å². The van der Waals surface area contributed by atoms with Gasteiger partial charge in [0.25, 0.3) is 23.6 Å². The van der Waals surface area contributed by atoms with E-state index in [1.165, 1.54) is 35.5 Å².